The molecule has 0 fully saturated rings. The number of carbonyl (C=O) groups excluding carboxylic acids is 2. The number of carbonyl (C=O) groups is 2. The van der Waals surface area contributed by atoms with Crippen LogP contribution in [0.1, 0.15) is 30.1 Å². The molecule has 0 spiro atoms. The molecule has 0 saturated carbocycles. The van der Waals surface area contributed by atoms with Gasteiger partial charge >= 0.3 is 0 Å². The van der Waals surface area contributed by atoms with Gasteiger partial charge < -0.3 is 10.6 Å². The van der Waals surface area contributed by atoms with Crippen molar-refractivity contribution in [3.63, 3.8) is 0 Å². The van der Waals surface area contributed by atoms with Crippen LogP contribution in [0.15, 0.2) is 28.7 Å². The molecule has 0 saturated heterocycles. The molecule has 18 heavy (non-hydrogen) atoms. The summed E-state index contributed by atoms with van der Waals surface area (Å²) >= 11 is 3.34. The molecule has 0 aliphatic heterocycles. The SMILES string of the molecule is CCCCN(CC(N)=O)C(=O)c1ccccc1Br. The molecule has 98 valence electrons. The highest BCUT2D eigenvalue weighted by atomic mass is 79.9. The van der Waals surface area contributed by atoms with Gasteiger partial charge in [-0.1, -0.05) is 25.5 Å². The van der Waals surface area contributed by atoms with Crippen LogP contribution in [-0.4, -0.2) is 29.8 Å². The number of primary amides is 1. The number of hydrogen-bond donors (Lipinski definition) is 1. The quantitative estimate of drug-likeness (QED) is 0.875. The summed E-state index contributed by atoms with van der Waals surface area (Å²) in [6.07, 6.45) is 1.81. The molecular formula is C13H17BrN2O2. The molecule has 0 aliphatic carbocycles. The van der Waals surface area contributed by atoms with Crippen LogP contribution < -0.4 is 5.73 Å². The van der Waals surface area contributed by atoms with E-state index < -0.39 is 5.91 Å². The summed E-state index contributed by atoms with van der Waals surface area (Å²) in [4.78, 5) is 24.8. The van der Waals surface area contributed by atoms with E-state index in [9.17, 15) is 9.59 Å². The average molecular weight is 313 g/mol. The van der Waals surface area contributed by atoms with E-state index in [0.29, 0.717) is 12.1 Å². The number of hydrogen-bond acceptors (Lipinski definition) is 2. The third kappa shape index (κ3) is 4.14. The maximum atomic E-state index is 12.3. The first-order valence-electron chi connectivity index (χ1n) is 5.88. The molecule has 0 radical (unpaired) electrons. The molecule has 2 amide bonds. The van der Waals surface area contributed by atoms with Crippen molar-refractivity contribution in [3.8, 4) is 0 Å². The number of rotatable bonds is 6. The minimum absolute atomic E-state index is 0.0415. The summed E-state index contributed by atoms with van der Waals surface area (Å²) in [6, 6.07) is 7.16. The molecule has 5 heteroatoms. The van der Waals surface area contributed by atoms with Gasteiger partial charge in [0.2, 0.25) is 5.91 Å². The molecule has 0 bridgehead atoms. The Morgan fingerprint density at radius 2 is 2.00 bits per heavy atom. The fourth-order valence-electron chi connectivity index (χ4n) is 1.59. The van der Waals surface area contributed by atoms with Gasteiger partial charge in [0.05, 0.1) is 12.1 Å². The smallest absolute Gasteiger partial charge is 0.255 e. The number of benzene rings is 1. The Morgan fingerprint density at radius 1 is 1.33 bits per heavy atom. The van der Waals surface area contributed by atoms with Gasteiger partial charge in [-0.2, -0.15) is 0 Å². The molecule has 0 atom stereocenters. The van der Waals surface area contributed by atoms with Crippen LogP contribution in [0.5, 0.6) is 0 Å². The van der Waals surface area contributed by atoms with Gasteiger partial charge in [-0.3, -0.25) is 9.59 Å². The lowest BCUT2D eigenvalue weighted by molar-refractivity contribution is -0.118. The minimum Gasteiger partial charge on any atom is -0.368 e. The minimum atomic E-state index is -0.494. The van der Waals surface area contributed by atoms with E-state index in [1.807, 2.05) is 13.0 Å². The first-order valence-corrected chi connectivity index (χ1v) is 6.67. The normalized spacial score (nSPS) is 10.1. The largest absolute Gasteiger partial charge is 0.368 e. The van der Waals surface area contributed by atoms with Gasteiger partial charge in [-0.15, -0.1) is 0 Å². The lowest BCUT2D eigenvalue weighted by atomic mass is 10.2. The summed E-state index contributed by atoms with van der Waals surface area (Å²) in [7, 11) is 0. The monoisotopic (exact) mass is 312 g/mol. The van der Waals surface area contributed by atoms with E-state index in [1.165, 1.54) is 4.90 Å². The van der Waals surface area contributed by atoms with Crippen LogP contribution in [0.3, 0.4) is 0 Å². The highest BCUT2D eigenvalue weighted by Gasteiger charge is 2.18. The Hall–Kier alpha value is -1.36. The Bertz CT molecular complexity index is 435. The van der Waals surface area contributed by atoms with Crippen LogP contribution in [-0.2, 0) is 4.79 Å². The average Bonchev–Trinajstić information content (AvgIpc) is 2.34. The number of unbranched alkanes of at least 4 members (excludes halogenated alkanes) is 1. The van der Waals surface area contributed by atoms with E-state index in [0.717, 1.165) is 17.3 Å². The Balaban J connectivity index is 2.87. The Morgan fingerprint density at radius 3 is 2.56 bits per heavy atom. The van der Waals surface area contributed by atoms with E-state index in [4.69, 9.17) is 5.73 Å². The lowest BCUT2D eigenvalue weighted by Gasteiger charge is -2.21. The molecule has 0 heterocycles. The number of nitrogens with two attached hydrogens (primary N) is 1. The number of halogens is 1. The van der Waals surface area contributed by atoms with Gasteiger partial charge in [0, 0.05) is 11.0 Å². The van der Waals surface area contributed by atoms with Crippen LogP contribution in [0.25, 0.3) is 0 Å². The summed E-state index contributed by atoms with van der Waals surface area (Å²) in [5, 5.41) is 0. The highest BCUT2D eigenvalue weighted by Crippen LogP contribution is 2.18. The van der Waals surface area contributed by atoms with Crippen molar-refractivity contribution in [3.05, 3.63) is 34.3 Å². The van der Waals surface area contributed by atoms with Gasteiger partial charge in [-0.05, 0) is 34.5 Å². The fourth-order valence-corrected chi connectivity index (χ4v) is 2.05. The molecule has 0 aliphatic rings. The maximum Gasteiger partial charge on any atom is 0.255 e. The molecule has 0 unspecified atom stereocenters. The zero-order chi connectivity index (χ0) is 13.5. The van der Waals surface area contributed by atoms with Gasteiger partial charge in [-0.25, -0.2) is 0 Å². The maximum absolute atomic E-state index is 12.3. The van der Waals surface area contributed by atoms with Crippen LogP contribution in [0.4, 0.5) is 0 Å². The molecular weight excluding hydrogens is 296 g/mol. The molecule has 0 aromatic heterocycles. The van der Waals surface area contributed by atoms with Crippen molar-refractivity contribution in [1.29, 1.82) is 0 Å². The first kappa shape index (κ1) is 14.7. The predicted octanol–water partition coefficient (Wildman–Crippen LogP) is 2.18. The fraction of sp³-hybridized carbons (Fsp3) is 0.385. The highest BCUT2D eigenvalue weighted by molar-refractivity contribution is 9.10. The zero-order valence-corrected chi connectivity index (χ0v) is 11.9. The van der Waals surface area contributed by atoms with Crippen LogP contribution in [0.2, 0.25) is 0 Å². The van der Waals surface area contributed by atoms with E-state index in [2.05, 4.69) is 15.9 Å². The van der Waals surface area contributed by atoms with Crippen molar-refractivity contribution in [2.75, 3.05) is 13.1 Å². The van der Waals surface area contributed by atoms with Crippen molar-refractivity contribution >= 4 is 27.7 Å². The third-order valence-electron chi connectivity index (χ3n) is 2.52. The van der Waals surface area contributed by atoms with Crippen molar-refractivity contribution < 1.29 is 9.59 Å². The van der Waals surface area contributed by atoms with E-state index in [1.54, 1.807) is 18.2 Å². The topological polar surface area (TPSA) is 63.4 Å². The van der Waals surface area contributed by atoms with Crippen LogP contribution in [0, 0.1) is 0 Å². The summed E-state index contributed by atoms with van der Waals surface area (Å²) in [6.45, 7) is 2.53. The van der Waals surface area contributed by atoms with Gasteiger partial charge in [0.25, 0.3) is 5.91 Å². The van der Waals surface area contributed by atoms with E-state index in [-0.39, 0.29) is 12.5 Å². The molecule has 4 nitrogen and oxygen atoms in total. The second kappa shape index (κ2) is 7.16. The standard InChI is InChI=1S/C13H17BrN2O2/c1-2-3-8-16(9-12(15)17)13(18)10-6-4-5-7-11(10)14/h4-7H,2-3,8-9H2,1H3,(H2,15,17). The summed E-state index contributed by atoms with van der Waals surface area (Å²) in [5.74, 6) is -0.666. The van der Waals surface area contributed by atoms with Gasteiger partial charge in [0.1, 0.15) is 0 Å². The number of amides is 2. The molecule has 1 aromatic carbocycles. The Labute approximate surface area is 115 Å². The second-order valence-corrected chi connectivity index (χ2v) is 4.88. The number of nitrogens with zero attached hydrogens (tertiary/aromatic N) is 1. The van der Waals surface area contributed by atoms with Gasteiger partial charge in [0.15, 0.2) is 0 Å². The molecule has 1 rings (SSSR count). The lowest BCUT2D eigenvalue weighted by Crippen LogP contribution is -2.39. The third-order valence-corrected chi connectivity index (χ3v) is 3.21. The first-order chi connectivity index (χ1) is 8.56. The Kier molecular flexibility index (Phi) is 5.85. The van der Waals surface area contributed by atoms with E-state index >= 15 is 0 Å². The van der Waals surface area contributed by atoms with Crippen molar-refractivity contribution in [2.45, 2.75) is 19.8 Å². The molecule has 2 N–H and O–H groups in total. The van der Waals surface area contributed by atoms with Crippen LogP contribution >= 0.6 is 15.9 Å². The zero-order valence-electron chi connectivity index (χ0n) is 10.4. The summed E-state index contributed by atoms with van der Waals surface area (Å²) in [5.41, 5.74) is 5.73. The molecule has 1 aromatic rings. The predicted molar refractivity (Wildman–Crippen MR) is 74.1 cm³/mol. The van der Waals surface area contributed by atoms with Crippen molar-refractivity contribution in [2.24, 2.45) is 5.73 Å². The van der Waals surface area contributed by atoms with Crippen molar-refractivity contribution in [1.82, 2.24) is 4.90 Å². The second-order valence-electron chi connectivity index (χ2n) is 4.03. The summed E-state index contributed by atoms with van der Waals surface area (Å²) < 4.78 is 0.723.